The summed E-state index contributed by atoms with van der Waals surface area (Å²) in [5.74, 6) is 0.569. The van der Waals surface area contributed by atoms with Crippen LogP contribution in [0.25, 0.3) is 5.57 Å². The van der Waals surface area contributed by atoms with E-state index >= 15 is 0 Å². The van der Waals surface area contributed by atoms with Crippen LogP contribution in [0.4, 0.5) is 0 Å². The monoisotopic (exact) mass is 146 g/mol. The topological polar surface area (TPSA) is 13.1 Å². The van der Waals surface area contributed by atoms with E-state index in [0.29, 0.717) is 5.92 Å². The highest BCUT2D eigenvalue weighted by Crippen LogP contribution is 2.24. The largest absolute Gasteiger partial charge is 0.472 e. The van der Waals surface area contributed by atoms with Gasteiger partial charge in [0.05, 0.1) is 12.5 Å². The lowest BCUT2D eigenvalue weighted by Crippen LogP contribution is -1.75. The Morgan fingerprint density at radius 3 is 2.91 bits per heavy atom. The molecule has 0 N–H and O–H groups in total. The van der Waals surface area contributed by atoms with Gasteiger partial charge in [-0.3, -0.25) is 0 Å². The molecule has 1 aromatic rings. The van der Waals surface area contributed by atoms with Gasteiger partial charge in [-0.25, -0.2) is 0 Å². The third kappa shape index (κ3) is 1.14. The molecule has 1 aromatic heterocycles. The molecule has 0 bridgehead atoms. The molecule has 0 aliphatic heterocycles. The first-order valence-corrected chi connectivity index (χ1v) is 3.79. The van der Waals surface area contributed by atoms with E-state index in [9.17, 15) is 0 Å². The minimum atomic E-state index is 0.569. The first-order chi connectivity index (χ1) is 5.36. The molecule has 2 rings (SSSR count). The van der Waals surface area contributed by atoms with E-state index in [1.807, 2.05) is 6.07 Å². The van der Waals surface area contributed by atoms with E-state index < -0.39 is 0 Å². The molecular formula is C10H10O. The highest BCUT2D eigenvalue weighted by atomic mass is 16.3. The molecule has 0 saturated carbocycles. The van der Waals surface area contributed by atoms with Crippen LogP contribution in [0.3, 0.4) is 0 Å². The summed E-state index contributed by atoms with van der Waals surface area (Å²) < 4.78 is 4.99. The second kappa shape index (κ2) is 2.42. The van der Waals surface area contributed by atoms with Gasteiger partial charge in [0, 0.05) is 5.56 Å². The predicted octanol–water partition coefficient (Wildman–Crippen LogP) is 2.87. The van der Waals surface area contributed by atoms with Gasteiger partial charge in [0.2, 0.25) is 0 Å². The van der Waals surface area contributed by atoms with Gasteiger partial charge < -0.3 is 4.42 Å². The third-order valence-electron chi connectivity index (χ3n) is 1.88. The van der Waals surface area contributed by atoms with E-state index in [4.69, 9.17) is 4.42 Å². The van der Waals surface area contributed by atoms with Gasteiger partial charge in [-0.2, -0.15) is 0 Å². The maximum atomic E-state index is 4.99. The molecular weight excluding hydrogens is 136 g/mol. The van der Waals surface area contributed by atoms with Gasteiger partial charge >= 0.3 is 0 Å². The summed E-state index contributed by atoms with van der Waals surface area (Å²) >= 11 is 0. The molecule has 56 valence electrons. The second-order valence-electron chi connectivity index (χ2n) is 2.85. The van der Waals surface area contributed by atoms with Crippen molar-refractivity contribution in [2.24, 2.45) is 5.92 Å². The molecule has 1 aliphatic rings. The molecule has 0 saturated heterocycles. The Balaban J connectivity index is 2.33. The van der Waals surface area contributed by atoms with Crippen molar-refractivity contribution in [1.29, 1.82) is 0 Å². The molecule has 0 amide bonds. The summed E-state index contributed by atoms with van der Waals surface area (Å²) in [5.41, 5.74) is 2.44. The zero-order valence-electron chi connectivity index (χ0n) is 6.45. The van der Waals surface area contributed by atoms with Gasteiger partial charge in [0.1, 0.15) is 0 Å². The van der Waals surface area contributed by atoms with Crippen molar-refractivity contribution in [3.63, 3.8) is 0 Å². The maximum absolute atomic E-state index is 4.99. The normalized spacial score (nSPS) is 22.3. The van der Waals surface area contributed by atoms with Crippen LogP contribution in [0.15, 0.2) is 41.2 Å². The van der Waals surface area contributed by atoms with Crippen molar-refractivity contribution in [1.82, 2.24) is 0 Å². The van der Waals surface area contributed by atoms with E-state index in [1.165, 1.54) is 11.1 Å². The Morgan fingerprint density at radius 1 is 1.45 bits per heavy atom. The maximum Gasteiger partial charge on any atom is 0.0980 e. The fourth-order valence-electron chi connectivity index (χ4n) is 1.27. The van der Waals surface area contributed by atoms with Crippen molar-refractivity contribution in [2.75, 3.05) is 0 Å². The summed E-state index contributed by atoms with van der Waals surface area (Å²) in [7, 11) is 0. The Hall–Kier alpha value is -1.24. The molecule has 0 aromatic carbocycles. The number of furan rings is 1. The fourth-order valence-corrected chi connectivity index (χ4v) is 1.27. The number of rotatable bonds is 1. The number of hydrogen-bond acceptors (Lipinski definition) is 1. The highest BCUT2D eigenvalue weighted by Gasteiger charge is 2.06. The second-order valence-corrected chi connectivity index (χ2v) is 2.85. The van der Waals surface area contributed by atoms with Gasteiger partial charge in [-0.1, -0.05) is 25.2 Å². The molecule has 1 atom stereocenters. The van der Waals surface area contributed by atoms with E-state index in [-0.39, 0.29) is 0 Å². The van der Waals surface area contributed by atoms with Crippen molar-refractivity contribution in [2.45, 2.75) is 6.92 Å². The van der Waals surface area contributed by atoms with Crippen molar-refractivity contribution in [3.8, 4) is 0 Å². The lowest BCUT2D eigenvalue weighted by molar-refractivity contribution is 0.566. The Labute approximate surface area is 66.0 Å². The smallest absolute Gasteiger partial charge is 0.0980 e. The summed E-state index contributed by atoms with van der Waals surface area (Å²) in [6, 6.07) is 1.98. The molecule has 1 unspecified atom stereocenters. The van der Waals surface area contributed by atoms with Crippen LogP contribution < -0.4 is 0 Å². The summed E-state index contributed by atoms with van der Waals surface area (Å²) in [5, 5.41) is 0. The van der Waals surface area contributed by atoms with Crippen LogP contribution in [0, 0.1) is 5.92 Å². The van der Waals surface area contributed by atoms with E-state index in [2.05, 4.69) is 25.2 Å². The van der Waals surface area contributed by atoms with Crippen molar-refractivity contribution < 1.29 is 4.42 Å². The lowest BCUT2D eigenvalue weighted by atomic mass is 10.1. The fraction of sp³-hybridized carbons (Fsp3) is 0.200. The first-order valence-electron chi connectivity index (χ1n) is 3.79. The molecule has 0 radical (unpaired) electrons. The van der Waals surface area contributed by atoms with Crippen LogP contribution >= 0.6 is 0 Å². The molecule has 11 heavy (non-hydrogen) atoms. The van der Waals surface area contributed by atoms with Crippen molar-refractivity contribution >= 4 is 5.57 Å². The van der Waals surface area contributed by atoms with Gasteiger partial charge in [-0.15, -0.1) is 0 Å². The van der Waals surface area contributed by atoms with Crippen LogP contribution in [0.2, 0.25) is 0 Å². The van der Waals surface area contributed by atoms with E-state index in [0.717, 1.165) is 0 Å². The minimum absolute atomic E-state index is 0.569. The Kier molecular flexibility index (Phi) is 1.42. The molecule has 1 heteroatoms. The van der Waals surface area contributed by atoms with E-state index in [1.54, 1.807) is 12.5 Å². The molecule has 1 heterocycles. The first kappa shape index (κ1) is 6.47. The average molecular weight is 146 g/mol. The van der Waals surface area contributed by atoms with Crippen LogP contribution in [0.5, 0.6) is 0 Å². The van der Waals surface area contributed by atoms with Crippen LogP contribution in [0.1, 0.15) is 12.5 Å². The summed E-state index contributed by atoms with van der Waals surface area (Å²) in [6.07, 6.45) is 10.0. The van der Waals surface area contributed by atoms with Crippen molar-refractivity contribution in [3.05, 3.63) is 42.4 Å². The van der Waals surface area contributed by atoms with Gasteiger partial charge in [0.25, 0.3) is 0 Å². The average Bonchev–Trinajstić information content (AvgIpc) is 2.55. The standard InChI is InChI=1S/C10H10O/c1-8-2-3-9(6-8)10-4-5-11-7-10/h2-8H,1H3. The molecule has 0 fully saturated rings. The molecule has 1 nitrogen and oxygen atoms in total. The molecule has 1 aliphatic carbocycles. The summed E-state index contributed by atoms with van der Waals surface area (Å²) in [4.78, 5) is 0. The predicted molar refractivity (Wildman–Crippen MR) is 45.0 cm³/mol. The van der Waals surface area contributed by atoms with Crippen LogP contribution in [-0.4, -0.2) is 0 Å². The van der Waals surface area contributed by atoms with Gasteiger partial charge in [-0.05, 0) is 17.6 Å². The third-order valence-corrected chi connectivity index (χ3v) is 1.88. The lowest BCUT2D eigenvalue weighted by Gasteiger charge is -1.91. The quantitative estimate of drug-likeness (QED) is 0.593. The summed E-state index contributed by atoms with van der Waals surface area (Å²) in [6.45, 7) is 2.17. The highest BCUT2D eigenvalue weighted by molar-refractivity contribution is 5.76. The zero-order chi connectivity index (χ0) is 7.68. The minimum Gasteiger partial charge on any atom is -0.472 e. The molecule has 0 spiro atoms. The Bertz CT molecular complexity index is 291. The van der Waals surface area contributed by atoms with Crippen LogP contribution in [-0.2, 0) is 0 Å². The number of allylic oxidation sites excluding steroid dienone is 4. The Morgan fingerprint density at radius 2 is 2.36 bits per heavy atom. The number of hydrogen-bond donors (Lipinski definition) is 0. The van der Waals surface area contributed by atoms with Gasteiger partial charge in [0.15, 0.2) is 0 Å². The SMILES string of the molecule is CC1C=CC(c2ccoc2)=C1. The zero-order valence-corrected chi connectivity index (χ0v) is 6.45.